The van der Waals surface area contributed by atoms with Crippen LogP contribution in [-0.2, 0) is 70.4 Å². The summed E-state index contributed by atoms with van der Waals surface area (Å²) in [6, 6.07) is -5.20. The number of carboxylic acids is 4. The fourth-order valence-electron chi connectivity index (χ4n) is 5.95. The highest BCUT2D eigenvalue weighted by atomic mass is 16.4. The van der Waals surface area contributed by atoms with E-state index in [-0.39, 0.29) is 12.8 Å². The van der Waals surface area contributed by atoms with E-state index in [4.69, 9.17) is 20.7 Å². The molecule has 0 aliphatic carbocycles. The van der Waals surface area contributed by atoms with Crippen molar-refractivity contribution in [2.24, 2.45) is 5.73 Å². The molecule has 30 nitrogen and oxygen atoms in total. The first-order valence-corrected chi connectivity index (χ1v) is 21.7. The number of carboxylic acid groups (broad SMARTS) is 4. The molecule has 2 aromatic rings. The number of aliphatic hydroxyl groups excluding tert-OH is 3. The Morgan fingerprint density at radius 1 is 0.625 bits per heavy atom. The van der Waals surface area contributed by atoms with Crippen molar-refractivity contribution in [1.29, 1.82) is 0 Å². The number of amides is 8. The Morgan fingerprint density at radius 2 is 1.15 bits per heavy atom. The van der Waals surface area contributed by atoms with Gasteiger partial charge in [0.2, 0.25) is 47.3 Å². The highest BCUT2D eigenvalue weighted by Gasteiger charge is 2.36. The van der Waals surface area contributed by atoms with E-state index in [1.165, 1.54) is 19.4 Å². The first kappa shape index (κ1) is 61.9. The average Bonchev–Trinajstić information content (AvgIpc) is 3.81. The molecule has 1 aromatic carbocycles. The lowest BCUT2D eigenvalue weighted by Crippen LogP contribution is -2.62. The van der Waals surface area contributed by atoms with E-state index in [0.29, 0.717) is 11.3 Å². The molecular formula is C42H61N11O19. The number of aliphatic carboxylic acids is 4. The minimum atomic E-state index is -1.96. The summed E-state index contributed by atoms with van der Waals surface area (Å²) < 4.78 is 0. The summed E-state index contributed by atoms with van der Waals surface area (Å²) in [5, 5.41) is 83.1. The summed E-state index contributed by atoms with van der Waals surface area (Å²) in [5.41, 5.74) is 6.88. The van der Waals surface area contributed by atoms with Crippen LogP contribution in [0, 0.1) is 0 Å². The van der Waals surface area contributed by atoms with Gasteiger partial charge in [0.15, 0.2) is 0 Å². The number of imidazole rings is 1. The molecule has 0 unspecified atom stereocenters. The number of carbonyl (C=O) groups excluding carboxylic acids is 8. The van der Waals surface area contributed by atoms with Gasteiger partial charge in [-0.1, -0.05) is 30.3 Å². The molecule has 0 bridgehead atoms. The van der Waals surface area contributed by atoms with Gasteiger partial charge in [-0.3, -0.25) is 52.7 Å². The van der Waals surface area contributed by atoms with E-state index < -0.39 is 164 Å². The van der Waals surface area contributed by atoms with Crippen molar-refractivity contribution in [3.63, 3.8) is 0 Å². The van der Waals surface area contributed by atoms with Crippen LogP contribution in [0.2, 0.25) is 0 Å². The topological polar surface area (TPSA) is 497 Å². The Balaban J connectivity index is 0.00000623. The van der Waals surface area contributed by atoms with E-state index in [1.54, 1.807) is 30.3 Å². The van der Waals surface area contributed by atoms with Crippen molar-refractivity contribution in [2.75, 3.05) is 13.2 Å². The molecule has 2 rings (SSSR count). The molecule has 0 aliphatic heterocycles. The van der Waals surface area contributed by atoms with Crippen molar-refractivity contribution in [3.8, 4) is 0 Å². The lowest BCUT2D eigenvalue weighted by atomic mass is 10.0. The van der Waals surface area contributed by atoms with Crippen molar-refractivity contribution < 1.29 is 93.3 Å². The second kappa shape index (κ2) is 31.2. The summed E-state index contributed by atoms with van der Waals surface area (Å²) in [5.74, 6) is -14.2. The second-order valence-corrected chi connectivity index (χ2v) is 15.9. The number of nitrogens with one attached hydrogen (secondary N) is 9. The number of aromatic amines is 1. The van der Waals surface area contributed by atoms with Gasteiger partial charge in [0.25, 0.3) is 5.97 Å². The third-order valence-corrected chi connectivity index (χ3v) is 9.66. The molecule has 0 radical (unpaired) electrons. The molecule has 1 aromatic heterocycles. The summed E-state index contributed by atoms with van der Waals surface area (Å²) in [7, 11) is 0. The zero-order valence-corrected chi connectivity index (χ0v) is 39.3. The summed E-state index contributed by atoms with van der Waals surface area (Å²) in [6.07, 6.45) is -2.95. The van der Waals surface area contributed by atoms with Gasteiger partial charge in [-0.15, -0.1) is 0 Å². The molecule has 18 N–H and O–H groups in total. The van der Waals surface area contributed by atoms with Crippen LogP contribution in [0.1, 0.15) is 58.2 Å². The Kier molecular flexibility index (Phi) is 26.8. The Labute approximate surface area is 409 Å². The molecule has 0 spiro atoms. The van der Waals surface area contributed by atoms with Crippen LogP contribution < -0.4 is 48.3 Å². The first-order valence-electron chi connectivity index (χ1n) is 21.7. The summed E-state index contributed by atoms with van der Waals surface area (Å²) >= 11 is 0. The van der Waals surface area contributed by atoms with Crippen LogP contribution >= 0.6 is 0 Å². The summed E-state index contributed by atoms with van der Waals surface area (Å²) in [6.45, 7) is 2.47. The van der Waals surface area contributed by atoms with Gasteiger partial charge in [-0.05, 0) is 32.8 Å². The number of aromatic nitrogens is 2. The average molecular weight is 1020 g/mol. The minimum Gasteiger partial charge on any atom is -0.481 e. The molecule has 0 aliphatic rings. The Morgan fingerprint density at radius 3 is 1.65 bits per heavy atom. The van der Waals surface area contributed by atoms with Crippen LogP contribution in [0.15, 0.2) is 42.9 Å². The van der Waals surface area contributed by atoms with E-state index in [1.807, 2.05) is 10.6 Å². The highest BCUT2D eigenvalue weighted by molar-refractivity contribution is 5.98. The predicted octanol–water partition coefficient (Wildman–Crippen LogP) is -6.68. The molecule has 8 amide bonds. The van der Waals surface area contributed by atoms with Crippen LogP contribution in [0.3, 0.4) is 0 Å². The molecule has 0 saturated heterocycles. The van der Waals surface area contributed by atoms with E-state index >= 15 is 0 Å². The van der Waals surface area contributed by atoms with Gasteiger partial charge >= 0.3 is 17.9 Å². The third-order valence-electron chi connectivity index (χ3n) is 9.66. The SMILES string of the molecule is CC(=O)O.C[C@H](NC(=O)[C@@H](N)Cc1cnc[nH]1)C(=O)N[C@@H](CCC(=O)O)C(=O)NCC(=O)N[C@H](C(=O)N[C@@H](Cc1ccccc1)C(=O)N[C@H](C(=O)N[C@@H](CO)C(=O)N[C@@H](CC(=O)O)C(=O)O)[C@@H](C)O)[C@@H](C)O. The maximum Gasteiger partial charge on any atom is 0.326 e. The van der Waals surface area contributed by atoms with Gasteiger partial charge < -0.3 is 89.0 Å². The number of aliphatic hydroxyl groups is 3. The molecule has 398 valence electrons. The van der Waals surface area contributed by atoms with Crippen molar-refractivity contribution in [3.05, 3.63) is 54.1 Å². The Bertz CT molecular complexity index is 2190. The molecule has 1 heterocycles. The van der Waals surface area contributed by atoms with Crippen LogP contribution in [-0.4, -0.2) is 191 Å². The van der Waals surface area contributed by atoms with Gasteiger partial charge in [-0.2, -0.15) is 0 Å². The third kappa shape index (κ3) is 23.5. The smallest absolute Gasteiger partial charge is 0.326 e. The molecule has 30 heteroatoms. The predicted molar refractivity (Wildman–Crippen MR) is 243 cm³/mol. The second-order valence-electron chi connectivity index (χ2n) is 15.9. The summed E-state index contributed by atoms with van der Waals surface area (Å²) in [4.78, 5) is 155. The number of nitrogens with two attached hydrogens (primary N) is 1. The largest absolute Gasteiger partial charge is 0.481 e. The standard InChI is InChI=1S/C40H57N11O17.C2H4O2/c1-18(45-34(61)23(41)12-22-14-42-17-44-22)33(60)46-24(9-10-29(56)57)35(62)43-15-28(55)50-31(19(2)53)38(65)47-25(11-21-7-5-4-6-8-21)36(63)51-32(20(3)54)39(66)49-27(16-52)37(64)48-26(40(67)68)13-30(58)59;1-2(3)4/h4-8,14,17-20,23-27,31-32,52-54H,9-13,15-16,41H2,1-3H3,(H,42,44)(H,43,62)(H,45,61)(H,46,60)(H,47,65)(H,48,64)(H,49,66)(H,50,55)(H,51,63)(H,56,57)(H,58,59)(H,67,68);1H3,(H,3,4)/t18-,19+,20+,23-,24-,25-,26-,27-,31-,32-;/m0./s1. The van der Waals surface area contributed by atoms with E-state index in [2.05, 4.69) is 41.9 Å². The normalized spacial score (nSPS) is 14.8. The maximum atomic E-state index is 13.8. The lowest BCUT2D eigenvalue weighted by Gasteiger charge is -2.28. The highest BCUT2D eigenvalue weighted by Crippen LogP contribution is 2.08. The van der Waals surface area contributed by atoms with Crippen LogP contribution in [0.25, 0.3) is 0 Å². The number of rotatable bonds is 29. The lowest BCUT2D eigenvalue weighted by molar-refractivity contribution is -0.147. The van der Waals surface area contributed by atoms with Crippen molar-refractivity contribution in [2.45, 2.75) is 120 Å². The van der Waals surface area contributed by atoms with Gasteiger partial charge in [0.1, 0.15) is 42.3 Å². The molecule has 0 saturated carbocycles. The van der Waals surface area contributed by atoms with E-state index in [9.17, 15) is 78.3 Å². The number of nitrogens with zero attached hydrogens (tertiary/aromatic N) is 1. The van der Waals surface area contributed by atoms with Gasteiger partial charge in [0, 0.05) is 38.1 Å². The zero-order valence-electron chi connectivity index (χ0n) is 39.3. The van der Waals surface area contributed by atoms with Crippen molar-refractivity contribution >= 4 is 71.1 Å². The van der Waals surface area contributed by atoms with Crippen LogP contribution in [0.5, 0.6) is 0 Å². The fourth-order valence-corrected chi connectivity index (χ4v) is 5.95. The molecule has 0 fully saturated rings. The number of carbonyl (C=O) groups is 12. The van der Waals surface area contributed by atoms with Crippen molar-refractivity contribution in [1.82, 2.24) is 52.5 Å². The number of H-pyrrole nitrogens is 1. The zero-order chi connectivity index (χ0) is 54.8. The van der Waals surface area contributed by atoms with E-state index in [0.717, 1.165) is 20.8 Å². The minimum absolute atomic E-state index is 0.0524. The number of hydrogen-bond donors (Lipinski definition) is 17. The fraction of sp³-hybridized carbons (Fsp3) is 0.500. The van der Waals surface area contributed by atoms with Gasteiger partial charge in [0.05, 0.1) is 44.1 Å². The first-order chi connectivity index (χ1) is 33.7. The number of benzene rings is 1. The maximum absolute atomic E-state index is 13.8. The number of hydrogen-bond acceptors (Lipinski definition) is 17. The van der Waals surface area contributed by atoms with Gasteiger partial charge in [-0.25, -0.2) is 9.78 Å². The quantitative estimate of drug-likeness (QED) is 0.0360. The molecule has 10 atom stereocenters. The molecule has 72 heavy (non-hydrogen) atoms. The van der Waals surface area contributed by atoms with Crippen LogP contribution in [0.4, 0.5) is 0 Å². The Hall–Kier alpha value is -8.09. The monoisotopic (exact) mass is 1020 g/mol. The molecular weight excluding hydrogens is 963 g/mol.